The first-order valence-electron chi connectivity index (χ1n) is 6.73. The molecule has 0 bridgehead atoms. The number of methoxy groups -OCH3 is 1. The van der Waals surface area contributed by atoms with Gasteiger partial charge in [0.1, 0.15) is 5.75 Å². The number of nitrogens with one attached hydrogen (secondary N) is 1. The van der Waals surface area contributed by atoms with Gasteiger partial charge < -0.3 is 14.8 Å². The Hall–Kier alpha value is -1.06. The summed E-state index contributed by atoms with van der Waals surface area (Å²) in [6.07, 6.45) is 2.26. The van der Waals surface area contributed by atoms with Gasteiger partial charge >= 0.3 is 0 Å². The molecule has 102 valence electrons. The topological polar surface area (TPSA) is 30.5 Å². The predicted molar refractivity (Wildman–Crippen MR) is 75.1 cm³/mol. The summed E-state index contributed by atoms with van der Waals surface area (Å²) < 4.78 is 10.7. The molecule has 1 aromatic carbocycles. The summed E-state index contributed by atoms with van der Waals surface area (Å²) in [6, 6.07) is 8.61. The van der Waals surface area contributed by atoms with Crippen molar-refractivity contribution in [2.24, 2.45) is 0 Å². The van der Waals surface area contributed by atoms with Crippen LogP contribution in [-0.4, -0.2) is 26.9 Å². The van der Waals surface area contributed by atoms with Gasteiger partial charge in [0, 0.05) is 19.7 Å². The normalized spacial score (nSPS) is 12.4. The average molecular weight is 251 g/mol. The fourth-order valence-electron chi connectivity index (χ4n) is 1.70. The summed E-state index contributed by atoms with van der Waals surface area (Å²) in [5, 5.41) is 3.41. The van der Waals surface area contributed by atoms with E-state index in [4.69, 9.17) is 9.47 Å². The van der Waals surface area contributed by atoms with E-state index in [0.717, 1.165) is 38.3 Å². The van der Waals surface area contributed by atoms with Crippen molar-refractivity contribution in [3.05, 3.63) is 29.8 Å². The molecule has 0 fully saturated rings. The van der Waals surface area contributed by atoms with E-state index in [0.29, 0.717) is 6.04 Å². The van der Waals surface area contributed by atoms with Crippen LogP contribution in [0.4, 0.5) is 0 Å². The third kappa shape index (κ3) is 5.52. The Morgan fingerprint density at radius 1 is 1.28 bits per heavy atom. The van der Waals surface area contributed by atoms with Crippen LogP contribution in [0.3, 0.4) is 0 Å². The van der Waals surface area contributed by atoms with E-state index in [1.165, 1.54) is 5.56 Å². The zero-order chi connectivity index (χ0) is 13.2. The summed E-state index contributed by atoms with van der Waals surface area (Å²) in [6.45, 7) is 6.71. The van der Waals surface area contributed by atoms with Crippen molar-refractivity contribution in [3.63, 3.8) is 0 Å². The minimum Gasteiger partial charge on any atom is -0.494 e. The number of ether oxygens (including phenoxy) is 2. The number of hydrogen-bond donors (Lipinski definition) is 1. The van der Waals surface area contributed by atoms with Crippen molar-refractivity contribution < 1.29 is 9.47 Å². The number of benzene rings is 1. The molecule has 0 aliphatic heterocycles. The van der Waals surface area contributed by atoms with Crippen LogP contribution in [0.5, 0.6) is 5.75 Å². The standard InChI is InChI=1S/C15H25NO2/c1-4-5-10-18-15-8-6-7-14(12-15)13(2)16-9-11-17-3/h6-8,12-13,16H,4-5,9-11H2,1-3H3. The largest absolute Gasteiger partial charge is 0.494 e. The minimum absolute atomic E-state index is 0.315. The van der Waals surface area contributed by atoms with Crippen molar-refractivity contribution >= 4 is 0 Å². The van der Waals surface area contributed by atoms with E-state index < -0.39 is 0 Å². The fraction of sp³-hybridized carbons (Fsp3) is 0.600. The van der Waals surface area contributed by atoms with E-state index in [1.807, 2.05) is 12.1 Å². The second-order valence-electron chi connectivity index (χ2n) is 4.44. The van der Waals surface area contributed by atoms with Crippen molar-refractivity contribution in [1.29, 1.82) is 0 Å². The van der Waals surface area contributed by atoms with Crippen LogP contribution < -0.4 is 10.1 Å². The zero-order valence-corrected chi connectivity index (χ0v) is 11.7. The molecular weight excluding hydrogens is 226 g/mol. The summed E-state index contributed by atoms with van der Waals surface area (Å²) >= 11 is 0. The van der Waals surface area contributed by atoms with Crippen LogP contribution in [0.15, 0.2) is 24.3 Å². The molecule has 1 aromatic rings. The maximum atomic E-state index is 5.71. The van der Waals surface area contributed by atoms with Crippen molar-refractivity contribution in [2.75, 3.05) is 26.9 Å². The van der Waals surface area contributed by atoms with Gasteiger partial charge in [0.2, 0.25) is 0 Å². The lowest BCUT2D eigenvalue weighted by Gasteiger charge is -2.15. The number of rotatable bonds is 9. The highest BCUT2D eigenvalue weighted by molar-refractivity contribution is 5.30. The lowest BCUT2D eigenvalue weighted by atomic mass is 10.1. The SMILES string of the molecule is CCCCOc1cccc(C(C)NCCOC)c1. The van der Waals surface area contributed by atoms with Gasteiger partial charge in [-0.2, -0.15) is 0 Å². The molecule has 1 atom stereocenters. The summed E-state index contributed by atoms with van der Waals surface area (Å²) in [5.41, 5.74) is 1.25. The highest BCUT2D eigenvalue weighted by Crippen LogP contribution is 2.19. The average Bonchev–Trinajstić information content (AvgIpc) is 2.39. The fourth-order valence-corrected chi connectivity index (χ4v) is 1.70. The van der Waals surface area contributed by atoms with Crippen LogP contribution >= 0.6 is 0 Å². The summed E-state index contributed by atoms with van der Waals surface area (Å²) in [5.74, 6) is 0.960. The zero-order valence-electron chi connectivity index (χ0n) is 11.7. The predicted octanol–water partition coefficient (Wildman–Crippen LogP) is 3.16. The van der Waals surface area contributed by atoms with Crippen LogP contribution in [0.1, 0.15) is 38.3 Å². The van der Waals surface area contributed by atoms with E-state index in [9.17, 15) is 0 Å². The Labute approximate surface area is 110 Å². The Bertz CT molecular complexity index is 328. The van der Waals surface area contributed by atoms with E-state index in [2.05, 4.69) is 31.3 Å². The highest BCUT2D eigenvalue weighted by Gasteiger charge is 2.05. The van der Waals surface area contributed by atoms with Crippen LogP contribution in [0.25, 0.3) is 0 Å². The van der Waals surface area contributed by atoms with E-state index >= 15 is 0 Å². The third-order valence-corrected chi connectivity index (χ3v) is 2.88. The number of hydrogen-bond acceptors (Lipinski definition) is 3. The van der Waals surface area contributed by atoms with Crippen molar-refractivity contribution in [1.82, 2.24) is 5.32 Å². The molecular formula is C15H25NO2. The van der Waals surface area contributed by atoms with Crippen LogP contribution in [-0.2, 0) is 4.74 Å². The van der Waals surface area contributed by atoms with Gasteiger partial charge in [0.25, 0.3) is 0 Å². The van der Waals surface area contributed by atoms with E-state index in [-0.39, 0.29) is 0 Å². The molecule has 1 rings (SSSR count). The molecule has 0 aliphatic rings. The summed E-state index contributed by atoms with van der Waals surface area (Å²) in [4.78, 5) is 0. The maximum absolute atomic E-state index is 5.71. The number of unbranched alkanes of at least 4 members (excludes halogenated alkanes) is 1. The van der Waals surface area contributed by atoms with Gasteiger partial charge in [0.05, 0.1) is 13.2 Å². The quantitative estimate of drug-likeness (QED) is 0.684. The Morgan fingerprint density at radius 3 is 2.83 bits per heavy atom. The monoisotopic (exact) mass is 251 g/mol. The molecule has 0 spiro atoms. The Balaban J connectivity index is 2.47. The summed E-state index contributed by atoms with van der Waals surface area (Å²) in [7, 11) is 1.72. The molecule has 1 N–H and O–H groups in total. The molecule has 0 amide bonds. The molecule has 0 saturated heterocycles. The third-order valence-electron chi connectivity index (χ3n) is 2.88. The molecule has 0 saturated carbocycles. The first kappa shape index (κ1) is 15.0. The van der Waals surface area contributed by atoms with Gasteiger partial charge in [0.15, 0.2) is 0 Å². The van der Waals surface area contributed by atoms with Crippen molar-refractivity contribution in [2.45, 2.75) is 32.7 Å². The van der Waals surface area contributed by atoms with Gasteiger partial charge in [-0.1, -0.05) is 25.5 Å². The van der Waals surface area contributed by atoms with Gasteiger partial charge in [-0.3, -0.25) is 0 Å². The van der Waals surface area contributed by atoms with Crippen LogP contribution in [0, 0.1) is 0 Å². The van der Waals surface area contributed by atoms with Crippen LogP contribution in [0.2, 0.25) is 0 Å². The smallest absolute Gasteiger partial charge is 0.119 e. The molecule has 18 heavy (non-hydrogen) atoms. The Morgan fingerprint density at radius 2 is 2.11 bits per heavy atom. The second-order valence-corrected chi connectivity index (χ2v) is 4.44. The lowest BCUT2D eigenvalue weighted by molar-refractivity contribution is 0.196. The molecule has 1 unspecified atom stereocenters. The molecule has 0 radical (unpaired) electrons. The minimum atomic E-state index is 0.315. The first-order chi connectivity index (χ1) is 8.77. The molecule has 3 heteroatoms. The molecule has 0 aliphatic carbocycles. The first-order valence-corrected chi connectivity index (χ1v) is 6.73. The lowest BCUT2D eigenvalue weighted by Crippen LogP contribution is -2.22. The highest BCUT2D eigenvalue weighted by atomic mass is 16.5. The van der Waals surface area contributed by atoms with E-state index in [1.54, 1.807) is 7.11 Å². The van der Waals surface area contributed by atoms with Gasteiger partial charge in [-0.15, -0.1) is 0 Å². The molecule has 0 aromatic heterocycles. The van der Waals surface area contributed by atoms with Gasteiger partial charge in [-0.05, 0) is 31.0 Å². The maximum Gasteiger partial charge on any atom is 0.119 e. The van der Waals surface area contributed by atoms with Gasteiger partial charge in [-0.25, -0.2) is 0 Å². The van der Waals surface area contributed by atoms with Crippen molar-refractivity contribution in [3.8, 4) is 5.75 Å². The molecule has 0 heterocycles. The second kappa shape index (κ2) is 8.95. The molecule has 3 nitrogen and oxygen atoms in total. The Kier molecular flexibility index (Phi) is 7.46.